The second-order valence-electron chi connectivity index (χ2n) is 17.1. The highest BCUT2D eigenvalue weighted by Gasteiger charge is 2.28. The maximum Gasteiger partial charge on any atom is 0.317 e. The normalized spacial score (nSPS) is 14.1. The lowest BCUT2D eigenvalue weighted by Crippen LogP contribution is -2.38. The van der Waals surface area contributed by atoms with Crippen molar-refractivity contribution in [3.8, 4) is 11.1 Å². The summed E-state index contributed by atoms with van der Waals surface area (Å²) in [6.45, 7) is 16.5. The first-order valence-electron chi connectivity index (χ1n) is 25.8. The van der Waals surface area contributed by atoms with E-state index < -0.39 is 5.97 Å². The number of nitrogens with two attached hydrogens (primary N) is 2. The van der Waals surface area contributed by atoms with Gasteiger partial charge in [0.2, 0.25) is 11.8 Å². The van der Waals surface area contributed by atoms with E-state index in [1.165, 1.54) is 0 Å². The Morgan fingerprint density at radius 3 is 1.64 bits per heavy atom. The molecule has 2 aromatic rings. The van der Waals surface area contributed by atoms with Crippen molar-refractivity contribution in [2.24, 2.45) is 5.73 Å². The van der Waals surface area contributed by atoms with Gasteiger partial charge in [-0.3, -0.25) is 14.4 Å². The lowest BCUT2D eigenvalue weighted by Gasteiger charge is -2.25. The predicted octanol–water partition coefficient (Wildman–Crippen LogP) is 2.54. The van der Waals surface area contributed by atoms with Crippen LogP contribution in [0.4, 0.5) is 10.5 Å². The first kappa shape index (κ1) is 63.4. The fraction of sp³-hybridized carbons (Fsp3) is 0.686. The van der Waals surface area contributed by atoms with E-state index in [-0.39, 0.29) is 62.5 Å². The standard InChI is InChI=1S/C51H84N8O15/c1-4-11-59(12-8-45-39-58(5-2)51(64)57-45)50(63)43(33-40(3)52)34-42-7-6-41(35-46(42)53)44-36-54-47(55-37-44)38-56-48(60)9-13-65-15-17-67-19-21-69-23-25-71-27-29-73-31-32-74-30-28-72-26-24-70-22-20-68-18-16-66-14-10-49(61)62/h6-7,34-37,40,45H,4-5,8-33,38-39,52-53H2,1-3H3,(H,56,60)(H,57,64)(H,61,62)/b43-34+. The third-order valence-corrected chi connectivity index (χ3v) is 11.0. The number of aromatic nitrogens is 2. The van der Waals surface area contributed by atoms with Gasteiger partial charge in [0.05, 0.1) is 145 Å². The summed E-state index contributed by atoms with van der Waals surface area (Å²) in [5.41, 5.74) is 16.0. The highest BCUT2D eigenvalue weighted by Crippen LogP contribution is 2.26. The van der Waals surface area contributed by atoms with E-state index in [1.807, 2.05) is 49.9 Å². The number of benzene rings is 1. The molecule has 1 aromatic carbocycles. The maximum atomic E-state index is 13.9. The molecular weight excluding hydrogens is 965 g/mol. The van der Waals surface area contributed by atoms with Gasteiger partial charge in [-0.05, 0) is 56.4 Å². The summed E-state index contributed by atoms with van der Waals surface area (Å²) in [6.07, 6.45) is 7.17. The van der Waals surface area contributed by atoms with Crippen molar-refractivity contribution in [3.63, 3.8) is 0 Å². The monoisotopic (exact) mass is 1050 g/mol. The molecule has 1 saturated heterocycles. The van der Waals surface area contributed by atoms with Gasteiger partial charge in [-0.25, -0.2) is 14.8 Å². The summed E-state index contributed by atoms with van der Waals surface area (Å²) in [5.74, 6) is -0.711. The van der Waals surface area contributed by atoms with Gasteiger partial charge < -0.3 is 84.4 Å². The van der Waals surface area contributed by atoms with Gasteiger partial charge in [0, 0.05) is 73.9 Å². The number of hydrogen-bond acceptors (Lipinski definition) is 18. The van der Waals surface area contributed by atoms with Crippen molar-refractivity contribution in [3.05, 3.63) is 47.6 Å². The van der Waals surface area contributed by atoms with Gasteiger partial charge in [0.15, 0.2) is 0 Å². The minimum atomic E-state index is -0.885. The molecule has 23 heteroatoms. The Bertz CT molecular complexity index is 1880. The second kappa shape index (κ2) is 40.4. The molecule has 418 valence electrons. The summed E-state index contributed by atoms with van der Waals surface area (Å²) < 4.78 is 54.4. The zero-order valence-corrected chi connectivity index (χ0v) is 43.9. The number of nitrogens with zero attached hydrogens (tertiary/aromatic N) is 4. The van der Waals surface area contributed by atoms with E-state index in [2.05, 4.69) is 20.6 Å². The number of likely N-dealkylation sites (N-methyl/N-ethyl adjacent to an activating group) is 1. The fourth-order valence-electron chi connectivity index (χ4n) is 7.09. The Balaban J connectivity index is 1.15. The van der Waals surface area contributed by atoms with Gasteiger partial charge >= 0.3 is 12.0 Å². The number of anilines is 1. The minimum Gasteiger partial charge on any atom is -0.481 e. The number of amides is 4. The van der Waals surface area contributed by atoms with E-state index in [1.54, 1.807) is 17.3 Å². The molecule has 0 bridgehead atoms. The van der Waals surface area contributed by atoms with Crippen LogP contribution in [0.2, 0.25) is 0 Å². The Hall–Kier alpha value is -4.92. The van der Waals surface area contributed by atoms with Crippen LogP contribution in [0.1, 0.15) is 64.3 Å². The number of nitrogen functional groups attached to an aromatic ring is 1. The fourth-order valence-corrected chi connectivity index (χ4v) is 7.09. The third-order valence-electron chi connectivity index (χ3n) is 11.0. The number of carboxylic acids is 1. The number of ether oxygens (including phenoxy) is 10. The number of carboxylic acid groups (broad SMARTS) is 1. The van der Waals surface area contributed by atoms with Crippen molar-refractivity contribution in [1.82, 2.24) is 30.4 Å². The van der Waals surface area contributed by atoms with Crippen LogP contribution in [0.25, 0.3) is 17.2 Å². The molecule has 7 N–H and O–H groups in total. The molecule has 2 heterocycles. The molecule has 0 radical (unpaired) electrons. The molecular formula is C51H84N8O15. The molecule has 0 aliphatic carbocycles. The summed E-state index contributed by atoms with van der Waals surface area (Å²) in [6, 6.07) is 5.27. The van der Waals surface area contributed by atoms with E-state index in [0.717, 1.165) is 17.5 Å². The van der Waals surface area contributed by atoms with E-state index >= 15 is 0 Å². The van der Waals surface area contributed by atoms with Crippen LogP contribution in [0, 0.1) is 0 Å². The Morgan fingerprint density at radius 1 is 0.743 bits per heavy atom. The molecule has 1 aliphatic rings. The van der Waals surface area contributed by atoms with Gasteiger partial charge in [0.25, 0.3) is 0 Å². The van der Waals surface area contributed by atoms with Crippen molar-refractivity contribution < 1.29 is 71.7 Å². The topological polar surface area (TPSA) is 289 Å². The molecule has 1 fully saturated rings. The highest BCUT2D eigenvalue weighted by atomic mass is 16.6. The molecule has 23 nitrogen and oxygen atoms in total. The Morgan fingerprint density at radius 2 is 1.22 bits per heavy atom. The third kappa shape index (κ3) is 29.2. The molecule has 74 heavy (non-hydrogen) atoms. The van der Waals surface area contributed by atoms with Gasteiger partial charge in [-0.1, -0.05) is 19.1 Å². The number of aliphatic carboxylic acids is 1. The molecule has 2 unspecified atom stereocenters. The molecule has 0 spiro atoms. The summed E-state index contributed by atoms with van der Waals surface area (Å²) in [5, 5.41) is 14.4. The van der Waals surface area contributed by atoms with Crippen molar-refractivity contribution in [2.45, 2.75) is 71.5 Å². The predicted molar refractivity (Wildman–Crippen MR) is 276 cm³/mol. The molecule has 3 rings (SSSR count). The van der Waals surface area contributed by atoms with Crippen LogP contribution in [0.3, 0.4) is 0 Å². The molecule has 0 saturated carbocycles. The maximum absolute atomic E-state index is 13.9. The van der Waals surface area contributed by atoms with Gasteiger partial charge in [-0.15, -0.1) is 0 Å². The quantitative estimate of drug-likeness (QED) is 0.0362. The Kier molecular flexibility index (Phi) is 34.6. The number of carbonyl (C=O) groups excluding carboxylic acids is 3. The van der Waals surface area contributed by atoms with Crippen molar-refractivity contribution in [1.29, 1.82) is 0 Å². The zero-order chi connectivity index (χ0) is 53.4. The molecule has 1 aromatic heterocycles. The van der Waals surface area contributed by atoms with E-state index in [4.69, 9.17) is 63.9 Å². The van der Waals surface area contributed by atoms with Crippen molar-refractivity contribution in [2.75, 3.05) is 164 Å². The van der Waals surface area contributed by atoms with Gasteiger partial charge in [0.1, 0.15) is 5.82 Å². The van der Waals surface area contributed by atoms with Crippen LogP contribution in [-0.2, 0) is 68.3 Å². The molecule has 1 aliphatic heterocycles. The minimum absolute atomic E-state index is 0.00800. The summed E-state index contributed by atoms with van der Waals surface area (Å²) in [4.78, 5) is 61.3. The SMILES string of the molecule is CCCN(CCC1CN(CC)C(=O)N1)C(=O)/C(=C/c1ccc(-c2cnc(CNC(=O)CCOCCOCCOCCOCCOCCOCCOCCOCCOCCOCCC(=O)O)nc2)cc1N)CC(C)N. The zero-order valence-electron chi connectivity index (χ0n) is 43.9. The van der Waals surface area contributed by atoms with Crippen LogP contribution in [0.5, 0.6) is 0 Å². The number of urea groups is 1. The van der Waals surface area contributed by atoms with Crippen molar-refractivity contribution >= 4 is 35.6 Å². The average molecular weight is 1050 g/mol. The summed E-state index contributed by atoms with van der Waals surface area (Å²) >= 11 is 0. The first-order valence-corrected chi connectivity index (χ1v) is 25.8. The number of rotatable bonds is 46. The van der Waals surface area contributed by atoms with Crippen LogP contribution >= 0.6 is 0 Å². The lowest BCUT2D eigenvalue weighted by molar-refractivity contribution is -0.138. The Labute approximate surface area is 436 Å². The number of nitrogens with one attached hydrogen (secondary N) is 2. The van der Waals surface area contributed by atoms with E-state index in [9.17, 15) is 19.2 Å². The second-order valence-corrected chi connectivity index (χ2v) is 17.1. The first-order chi connectivity index (χ1) is 36.0. The number of carbonyl (C=O) groups is 4. The summed E-state index contributed by atoms with van der Waals surface area (Å²) in [7, 11) is 0. The van der Waals surface area contributed by atoms with Gasteiger partial charge in [-0.2, -0.15) is 0 Å². The lowest BCUT2D eigenvalue weighted by atomic mass is 9.99. The number of hydrogen-bond donors (Lipinski definition) is 5. The molecule has 2 atom stereocenters. The molecule has 4 amide bonds. The highest BCUT2D eigenvalue weighted by molar-refractivity contribution is 5.99. The van der Waals surface area contributed by atoms with Crippen LogP contribution < -0.4 is 22.1 Å². The van der Waals surface area contributed by atoms with Crippen LogP contribution in [0.15, 0.2) is 36.2 Å². The smallest absolute Gasteiger partial charge is 0.317 e. The van der Waals surface area contributed by atoms with E-state index in [0.29, 0.717) is 181 Å². The van der Waals surface area contributed by atoms with Crippen LogP contribution in [-0.4, -0.2) is 219 Å². The average Bonchev–Trinajstić information content (AvgIpc) is 3.76. The largest absolute Gasteiger partial charge is 0.481 e.